The molecule has 1 aromatic rings. The van der Waals surface area contributed by atoms with E-state index >= 15 is 0 Å². The summed E-state index contributed by atoms with van der Waals surface area (Å²) in [7, 11) is 0. The van der Waals surface area contributed by atoms with Gasteiger partial charge in [0.05, 0.1) is 11.4 Å². The summed E-state index contributed by atoms with van der Waals surface area (Å²) < 4.78 is 0. The molecule has 0 saturated carbocycles. The summed E-state index contributed by atoms with van der Waals surface area (Å²) in [5.41, 5.74) is 1.33. The molecular formula is C17H18N2O6S. The van der Waals surface area contributed by atoms with Crippen molar-refractivity contribution < 1.29 is 29.4 Å². The molecule has 9 heteroatoms. The lowest BCUT2D eigenvalue weighted by Crippen LogP contribution is -2.47. The van der Waals surface area contributed by atoms with Crippen molar-refractivity contribution in [2.45, 2.75) is 18.9 Å². The van der Waals surface area contributed by atoms with Crippen molar-refractivity contribution in [1.29, 1.82) is 0 Å². The lowest BCUT2D eigenvalue weighted by atomic mass is 10.1. The number of carbonyl (C=O) groups is 4. The van der Waals surface area contributed by atoms with Crippen molar-refractivity contribution in [1.82, 2.24) is 10.2 Å². The SMILES string of the molecule is O=C(O)CCC(NC(=O)CN1C(=O)CSC=C1c1ccccc1)C(=O)O. The van der Waals surface area contributed by atoms with Crippen LogP contribution in [-0.4, -0.2) is 57.2 Å². The highest BCUT2D eigenvalue weighted by Gasteiger charge is 2.27. The van der Waals surface area contributed by atoms with Gasteiger partial charge in [-0.25, -0.2) is 4.79 Å². The van der Waals surface area contributed by atoms with E-state index in [2.05, 4.69) is 5.32 Å². The number of carboxylic acids is 2. The van der Waals surface area contributed by atoms with Gasteiger partial charge >= 0.3 is 11.9 Å². The van der Waals surface area contributed by atoms with Gasteiger partial charge in [0.1, 0.15) is 12.6 Å². The Bertz CT molecular complexity index is 734. The number of carboxylic acid groups (broad SMARTS) is 2. The molecule has 138 valence electrons. The Morgan fingerprint density at radius 2 is 1.88 bits per heavy atom. The second-order valence-electron chi connectivity index (χ2n) is 5.55. The Balaban J connectivity index is 2.08. The van der Waals surface area contributed by atoms with Crippen LogP contribution in [0.5, 0.6) is 0 Å². The van der Waals surface area contributed by atoms with Crippen molar-refractivity contribution >= 4 is 41.2 Å². The number of rotatable bonds is 8. The van der Waals surface area contributed by atoms with Crippen molar-refractivity contribution in [3.8, 4) is 0 Å². The number of nitrogens with zero attached hydrogens (tertiary/aromatic N) is 1. The number of hydrogen-bond acceptors (Lipinski definition) is 5. The highest BCUT2D eigenvalue weighted by Crippen LogP contribution is 2.27. The van der Waals surface area contributed by atoms with Crippen LogP contribution in [0.25, 0.3) is 5.70 Å². The maximum absolute atomic E-state index is 12.2. The molecule has 1 unspecified atom stereocenters. The molecule has 1 aromatic carbocycles. The predicted molar refractivity (Wildman–Crippen MR) is 95.0 cm³/mol. The standard InChI is InChI=1S/C17H18N2O6S/c20-14(18-12(17(24)25)6-7-16(22)23)8-19-13(9-26-10-15(19)21)11-4-2-1-3-5-11/h1-5,9,12H,6-8,10H2,(H,18,20)(H,22,23)(H,24,25). The maximum Gasteiger partial charge on any atom is 0.326 e. The number of benzene rings is 1. The highest BCUT2D eigenvalue weighted by atomic mass is 32.2. The summed E-state index contributed by atoms with van der Waals surface area (Å²) in [5.74, 6) is -3.21. The third-order valence-corrected chi connectivity index (χ3v) is 4.45. The van der Waals surface area contributed by atoms with Gasteiger partial charge in [-0.1, -0.05) is 30.3 Å². The van der Waals surface area contributed by atoms with Gasteiger partial charge < -0.3 is 20.4 Å². The summed E-state index contributed by atoms with van der Waals surface area (Å²) in [6.45, 7) is -0.336. The summed E-state index contributed by atoms with van der Waals surface area (Å²) >= 11 is 1.32. The van der Waals surface area contributed by atoms with Crippen LogP contribution in [0.3, 0.4) is 0 Å². The largest absolute Gasteiger partial charge is 0.481 e. The number of hydrogen-bond donors (Lipinski definition) is 3. The molecule has 0 aliphatic carbocycles. The van der Waals surface area contributed by atoms with Crippen LogP contribution >= 0.6 is 11.8 Å². The van der Waals surface area contributed by atoms with Crippen LogP contribution < -0.4 is 5.32 Å². The van der Waals surface area contributed by atoms with Crippen molar-refractivity contribution in [3.05, 3.63) is 41.3 Å². The normalized spacial score (nSPS) is 15.2. The van der Waals surface area contributed by atoms with E-state index in [1.807, 2.05) is 30.3 Å². The summed E-state index contributed by atoms with van der Waals surface area (Å²) in [6, 6.07) is 7.75. The molecule has 26 heavy (non-hydrogen) atoms. The van der Waals surface area contributed by atoms with Gasteiger partial charge in [0.15, 0.2) is 0 Å². The first-order valence-electron chi connectivity index (χ1n) is 7.80. The monoisotopic (exact) mass is 378 g/mol. The van der Waals surface area contributed by atoms with E-state index in [0.717, 1.165) is 5.56 Å². The zero-order valence-electron chi connectivity index (χ0n) is 13.8. The minimum Gasteiger partial charge on any atom is -0.481 e. The second-order valence-corrected chi connectivity index (χ2v) is 6.41. The van der Waals surface area contributed by atoms with Crippen LogP contribution in [0.4, 0.5) is 0 Å². The Kier molecular flexibility index (Phi) is 6.79. The molecule has 0 spiro atoms. The number of thioether (sulfide) groups is 1. The van der Waals surface area contributed by atoms with Gasteiger partial charge in [-0.3, -0.25) is 14.4 Å². The van der Waals surface area contributed by atoms with E-state index in [1.165, 1.54) is 16.7 Å². The van der Waals surface area contributed by atoms with Gasteiger partial charge in [0, 0.05) is 6.42 Å². The van der Waals surface area contributed by atoms with Gasteiger partial charge in [-0.2, -0.15) is 0 Å². The molecular weight excluding hydrogens is 360 g/mol. The third kappa shape index (κ3) is 5.35. The average molecular weight is 378 g/mol. The van der Waals surface area contributed by atoms with Gasteiger partial charge in [0.25, 0.3) is 0 Å². The summed E-state index contributed by atoms with van der Waals surface area (Å²) in [4.78, 5) is 47.6. The molecule has 0 saturated heterocycles. The highest BCUT2D eigenvalue weighted by molar-refractivity contribution is 8.03. The third-order valence-electron chi connectivity index (χ3n) is 3.65. The first-order valence-corrected chi connectivity index (χ1v) is 8.85. The van der Waals surface area contributed by atoms with Crippen LogP contribution in [0.15, 0.2) is 35.7 Å². The zero-order chi connectivity index (χ0) is 19.1. The first kappa shape index (κ1) is 19.5. The Labute approximate surface area is 153 Å². The molecule has 1 heterocycles. The maximum atomic E-state index is 12.2. The molecule has 8 nitrogen and oxygen atoms in total. The number of aliphatic carboxylic acids is 2. The van der Waals surface area contributed by atoms with E-state index in [9.17, 15) is 19.2 Å². The fourth-order valence-electron chi connectivity index (χ4n) is 2.38. The predicted octanol–water partition coefficient (Wildman–Crippen LogP) is 0.995. The number of amides is 2. The Hall–Kier alpha value is -2.81. The summed E-state index contributed by atoms with van der Waals surface area (Å²) in [6.07, 6.45) is -0.618. The number of carbonyl (C=O) groups excluding carboxylic acids is 2. The molecule has 2 amide bonds. The summed E-state index contributed by atoms with van der Waals surface area (Å²) in [5, 5.41) is 21.8. The van der Waals surface area contributed by atoms with E-state index in [4.69, 9.17) is 10.2 Å². The lowest BCUT2D eigenvalue weighted by Gasteiger charge is -2.28. The molecule has 1 aliphatic rings. The lowest BCUT2D eigenvalue weighted by molar-refractivity contribution is -0.143. The molecule has 3 N–H and O–H groups in total. The van der Waals surface area contributed by atoms with Crippen molar-refractivity contribution in [2.75, 3.05) is 12.3 Å². The Morgan fingerprint density at radius 3 is 2.50 bits per heavy atom. The minimum absolute atomic E-state index is 0.186. The van der Waals surface area contributed by atoms with E-state index in [0.29, 0.717) is 5.70 Å². The molecule has 0 fully saturated rings. The van der Waals surface area contributed by atoms with Gasteiger partial charge in [-0.05, 0) is 17.4 Å². The van der Waals surface area contributed by atoms with E-state index < -0.39 is 23.9 Å². The zero-order valence-corrected chi connectivity index (χ0v) is 14.6. The first-order chi connectivity index (χ1) is 12.4. The molecule has 0 aromatic heterocycles. The molecule has 0 bridgehead atoms. The van der Waals surface area contributed by atoms with Crippen LogP contribution in [0.1, 0.15) is 18.4 Å². The Morgan fingerprint density at radius 1 is 1.19 bits per heavy atom. The fraction of sp³-hybridized carbons (Fsp3) is 0.294. The molecule has 0 radical (unpaired) electrons. The number of nitrogens with one attached hydrogen (secondary N) is 1. The van der Waals surface area contributed by atoms with E-state index in [-0.39, 0.29) is 31.0 Å². The average Bonchev–Trinajstić information content (AvgIpc) is 2.60. The van der Waals surface area contributed by atoms with Crippen molar-refractivity contribution in [2.24, 2.45) is 0 Å². The van der Waals surface area contributed by atoms with Crippen LogP contribution in [-0.2, 0) is 19.2 Å². The fourth-order valence-corrected chi connectivity index (χ4v) is 3.19. The van der Waals surface area contributed by atoms with Crippen molar-refractivity contribution in [3.63, 3.8) is 0 Å². The minimum atomic E-state index is -1.32. The van der Waals surface area contributed by atoms with Crippen LogP contribution in [0, 0.1) is 0 Å². The van der Waals surface area contributed by atoms with E-state index in [1.54, 1.807) is 5.41 Å². The molecule has 1 atom stereocenters. The molecule has 1 aliphatic heterocycles. The second kappa shape index (κ2) is 9.04. The van der Waals surface area contributed by atoms with Crippen LogP contribution in [0.2, 0.25) is 0 Å². The topological polar surface area (TPSA) is 124 Å². The smallest absolute Gasteiger partial charge is 0.326 e. The quantitative estimate of drug-likeness (QED) is 0.616. The molecule has 2 rings (SSSR count). The van der Waals surface area contributed by atoms with Gasteiger partial charge in [0.2, 0.25) is 11.8 Å². The van der Waals surface area contributed by atoms with Gasteiger partial charge in [-0.15, -0.1) is 11.8 Å².